The Morgan fingerprint density at radius 1 is 1.31 bits per heavy atom. The van der Waals surface area contributed by atoms with Gasteiger partial charge in [-0.3, -0.25) is 4.79 Å². The molecular weight excluding hydrogens is 202 g/mol. The van der Waals surface area contributed by atoms with E-state index in [2.05, 4.69) is 20.8 Å². The molecule has 1 rings (SSSR count). The van der Waals surface area contributed by atoms with Crippen LogP contribution in [0.5, 0.6) is 5.75 Å². The molecule has 0 aromatic heterocycles. The van der Waals surface area contributed by atoms with Crippen LogP contribution in [0, 0.1) is 6.92 Å². The van der Waals surface area contributed by atoms with Crippen LogP contribution in [-0.4, -0.2) is 13.0 Å². The average molecular weight is 221 g/mol. The molecule has 1 aromatic carbocycles. The highest BCUT2D eigenvalue weighted by Crippen LogP contribution is 2.35. The van der Waals surface area contributed by atoms with Crippen LogP contribution in [-0.2, 0) is 5.41 Å². The van der Waals surface area contributed by atoms with Crippen molar-refractivity contribution >= 4 is 5.91 Å². The van der Waals surface area contributed by atoms with Gasteiger partial charge >= 0.3 is 0 Å². The van der Waals surface area contributed by atoms with Crippen LogP contribution in [0.25, 0.3) is 0 Å². The smallest absolute Gasteiger partial charge is 0.249 e. The third kappa shape index (κ3) is 2.18. The van der Waals surface area contributed by atoms with Crippen molar-refractivity contribution < 1.29 is 9.53 Å². The second-order valence-corrected chi connectivity index (χ2v) is 4.93. The van der Waals surface area contributed by atoms with Gasteiger partial charge in [-0.25, -0.2) is 0 Å². The fourth-order valence-electron chi connectivity index (χ4n) is 1.81. The maximum absolute atomic E-state index is 11.2. The third-order valence-corrected chi connectivity index (χ3v) is 2.68. The minimum Gasteiger partial charge on any atom is -0.496 e. The maximum Gasteiger partial charge on any atom is 0.249 e. The van der Waals surface area contributed by atoms with Crippen molar-refractivity contribution in [2.24, 2.45) is 5.73 Å². The molecule has 0 radical (unpaired) electrons. The van der Waals surface area contributed by atoms with E-state index in [1.807, 2.05) is 13.0 Å². The van der Waals surface area contributed by atoms with E-state index in [1.165, 1.54) is 0 Å². The highest BCUT2D eigenvalue weighted by Gasteiger charge is 2.22. The van der Waals surface area contributed by atoms with Crippen molar-refractivity contribution in [3.05, 3.63) is 28.8 Å². The molecule has 3 heteroatoms. The summed E-state index contributed by atoms with van der Waals surface area (Å²) in [4.78, 5) is 11.2. The Hall–Kier alpha value is -1.51. The zero-order valence-electron chi connectivity index (χ0n) is 10.5. The summed E-state index contributed by atoms with van der Waals surface area (Å²) < 4.78 is 5.39. The fourth-order valence-corrected chi connectivity index (χ4v) is 1.81. The van der Waals surface area contributed by atoms with Gasteiger partial charge in [-0.05, 0) is 24.0 Å². The summed E-state index contributed by atoms with van der Waals surface area (Å²) in [6.07, 6.45) is 0. The van der Waals surface area contributed by atoms with Gasteiger partial charge in [-0.2, -0.15) is 0 Å². The van der Waals surface area contributed by atoms with E-state index >= 15 is 0 Å². The van der Waals surface area contributed by atoms with E-state index in [9.17, 15) is 4.79 Å². The summed E-state index contributed by atoms with van der Waals surface area (Å²) in [5.41, 5.74) is 7.69. The van der Waals surface area contributed by atoms with Gasteiger partial charge in [-0.1, -0.05) is 26.8 Å². The summed E-state index contributed by atoms with van der Waals surface area (Å²) in [6, 6.07) is 3.67. The Bertz CT molecular complexity index is 417. The van der Waals surface area contributed by atoms with Gasteiger partial charge < -0.3 is 10.5 Å². The second kappa shape index (κ2) is 4.16. The minimum atomic E-state index is -0.420. The van der Waals surface area contributed by atoms with Gasteiger partial charge in [0.25, 0.3) is 0 Å². The number of methoxy groups -OCH3 is 1. The molecule has 0 heterocycles. The Morgan fingerprint density at radius 2 is 1.88 bits per heavy atom. The van der Waals surface area contributed by atoms with E-state index in [1.54, 1.807) is 13.2 Å². The summed E-state index contributed by atoms with van der Waals surface area (Å²) in [5, 5.41) is 0. The van der Waals surface area contributed by atoms with Gasteiger partial charge in [0.1, 0.15) is 5.75 Å². The number of rotatable bonds is 2. The van der Waals surface area contributed by atoms with Gasteiger partial charge in [0, 0.05) is 11.1 Å². The van der Waals surface area contributed by atoms with E-state index in [0.29, 0.717) is 5.56 Å². The molecular formula is C13H19NO2. The topological polar surface area (TPSA) is 52.3 Å². The molecule has 16 heavy (non-hydrogen) atoms. The summed E-state index contributed by atoms with van der Waals surface area (Å²) in [7, 11) is 1.61. The number of hydrogen-bond acceptors (Lipinski definition) is 2. The SMILES string of the molecule is COc1c(C(C)(C)C)ccc(C(N)=O)c1C. The van der Waals surface area contributed by atoms with Gasteiger partial charge in [-0.15, -0.1) is 0 Å². The number of carbonyl (C=O) groups is 1. The molecule has 0 unspecified atom stereocenters. The standard InChI is InChI=1S/C13H19NO2/c1-8-9(12(14)15)6-7-10(11(8)16-5)13(2,3)4/h6-7H,1-5H3,(H2,14,15). The van der Waals surface area contributed by atoms with Crippen molar-refractivity contribution in [3.63, 3.8) is 0 Å². The highest BCUT2D eigenvalue weighted by atomic mass is 16.5. The molecule has 0 aliphatic heterocycles. The molecule has 0 saturated heterocycles. The number of primary amides is 1. The lowest BCUT2D eigenvalue weighted by molar-refractivity contribution is 0.0999. The molecule has 0 fully saturated rings. The lowest BCUT2D eigenvalue weighted by Crippen LogP contribution is -2.17. The highest BCUT2D eigenvalue weighted by molar-refractivity contribution is 5.95. The summed E-state index contributed by atoms with van der Waals surface area (Å²) in [5.74, 6) is 0.333. The Labute approximate surface area is 96.6 Å². The van der Waals surface area contributed by atoms with Crippen molar-refractivity contribution in [3.8, 4) is 5.75 Å². The number of amides is 1. The minimum absolute atomic E-state index is 0.0215. The Morgan fingerprint density at radius 3 is 2.25 bits per heavy atom. The largest absolute Gasteiger partial charge is 0.496 e. The van der Waals surface area contributed by atoms with Crippen LogP contribution >= 0.6 is 0 Å². The predicted octanol–water partition coefficient (Wildman–Crippen LogP) is 2.40. The van der Waals surface area contributed by atoms with E-state index < -0.39 is 5.91 Å². The third-order valence-electron chi connectivity index (χ3n) is 2.68. The Kier molecular flexibility index (Phi) is 3.27. The average Bonchev–Trinajstić information content (AvgIpc) is 2.15. The molecule has 1 amide bonds. The lowest BCUT2D eigenvalue weighted by atomic mass is 9.84. The van der Waals surface area contributed by atoms with Crippen LogP contribution in [0.1, 0.15) is 42.3 Å². The molecule has 0 bridgehead atoms. The van der Waals surface area contributed by atoms with E-state index in [-0.39, 0.29) is 5.41 Å². The van der Waals surface area contributed by atoms with Crippen LogP contribution in [0.2, 0.25) is 0 Å². The molecule has 2 N–H and O–H groups in total. The van der Waals surface area contributed by atoms with Gasteiger partial charge in [0.05, 0.1) is 7.11 Å². The first-order chi connectivity index (χ1) is 7.29. The molecule has 1 aromatic rings. The number of hydrogen-bond donors (Lipinski definition) is 1. The van der Waals surface area contributed by atoms with Crippen molar-refractivity contribution in [2.75, 3.05) is 7.11 Å². The van der Waals surface area contributed by atoms with E-state index in [4.69, 9.17) is 10.5 Å². The lowest BCUT2D eigenvalue weighted by Gasteiger charge is -2.24. The van der Waals surface area contributed by atoms with Crippen LogP contribution < -0.4 is 10.5 Å². The zero-order valence-corrected chi connectivity index (χ0v) is 10.5. The number of benzene rings is 1. The van der Waals surface area contributed by atoms with Gasteiger partial charge in [0.15, 0.2) is 0 Å². The Balaban J connectivity index is 3.47. The van der Waals surface area contributed by atoms with Crippen LogP contribution in [0.4, 0.5) is 0 Å². The second-order valence-electron chi connectivity index (χ2n) is 4.93. The first-order valence-electron chi connectivity index (χ1n) is 5.27. The van der Waals surface area contributed by atoms with Crippen molar-refractivity contribution in [1.29, 1.82) is 0 Å². The fraction of sp³-hybridized carbons (Fsp3) is 0.462. The number of nitrogens with two attached hydrogens (primary N) is 1. The molecule has 0 aliphatic rings. The first kappa shape index (κ1) is 12.6. The first-order valence-corrected chi connectivity index (χ1v) is 5.27. The zero-order chi connectivity index (χ0) is 12.5. The van der Waals surface area contributed by atoms with Crippen LogP contribution in [0.3, 0.4) is 0 Å². The van der Waals surface area contributed by atoms with Crippen molar-refractivity contribution in [2.45, 2.75) is 33.1 Å². The summed E-state index contributed by atoms with van der Waals surface area (Å²) >= 11 is 0. The monoisotopic (exact) mass is 221 g/mol. The molecule has 0 atom stereocenters. The molecule has 0 aliphatic carbocycles. The number of carbonyl (C=O) groups excluding carboxylic acids is 1. The molecule has 3 nitrogen and oxygen atoms in total. The maximum atomic E-state index is 11.2. The normalized spacial score (nSPS) is 11.3. The number of ether oxygens (including phenoxy) is 1. The molecule has 88 valence electrons. The molecule has 0 spiro atoms. The van der Waals surface area contributed by atoms with E-state index in [0.717, 1.165) is 16.9 Å². The predicted molar refractivity (Wildman–Crippen MR) is 64.9 cm³/mol. The molecule has 0 saturated carbocycles. The van der Waals surface area contributed by atoms with Crippen LogP contribution in [0.15, 0.2) is 12.1 Å². The quantitative estimate of drug-likeness (QED) is 0.833. The van der Waals surface area contributed by atoms with Crippen molar-refractivity contribution in [1.82, 2.24) is 0 Å². The summed E-state index contributed by atoms with van der Waals surface area (Å²) in [6.45, 7) is 8.17. The van der Waals surface area contributed by atoms with Gasteiger partial charge in [0.2, 0.25) is 5.91 Å².